The first-order chi connectivity index (χ1) is 39.0. The van der Waals surface area contributed by atoms with Gasteiger partial charge < -0.3 is 14.2 Å². The van der Waals surface area contributed by atoms with Crippen molar-refractivity contribution in [1.82, 2.24) is 0 Å². The summed E-state index contributed by atoms with van der Waals surface area (Å²) in [5, 5.41) is 0. The summed E-state index contributed by atoms with van der Waals surface area (Å²) < 4.78 is 16.9. The molecule has 1 atom stereocenters. The molecule has 6 heteroatoms. The first kappa shape index (κ1) is 75.3. The molecule has 0 N–H and O–H groups in total. The molecule has 0 rings (SSSR count). The molecule has 0 aromatic carbocycles. The molecular weight excluding hydrogens is 973 g/mol. The average molecular weight is 1100 g/mol. The predicted octanol–water partition coefficient (Wildman–Crippen LogP) is 23.2. The summed E-state index contributed by atoms with van der Waals surface area (Å²) in [7, 11) is 0. The fourth-order valence-corrected chi connectivity index (χ4v) is 9.52. The lowest BCUT2D eigenvalue weighted by molar-refractivity contribution is -0.167. The van der Waals surface area contributed by atoms with Gasteiger partial charge in [0.05, 0.1) is 0 Å². The zero-order valence-corrected chi connectivity index (χ0v) is 52.1. The molecule has 0 aliphatic carbocycles. The lowest BCUT2D eigenvalue weighted by atomic mass is 10.0. The van der Waals surface area contributed by atoms with Gasteiger partial charge in [-0.1, -0.05) is 311 Å². The Kier molecular flexibility index (Phi) is 63.7. The van der Waals surface area contributed by atoms with Gasteiger partial charge in [-0.05, 0) is 96.3 Å². The van der Waals surface area contributed by atoms with Crippen LogP contribution in [0.2, 0.25) is 0 Å². The molecule has 454 valence electrons. The third-order valence-corrected chi connectivity index (χ3v) is 14.6. The van der Waals surface area contributed by atoms with Crippen molar-refractivity contribution in [2.45, 2.75) is 335 Å². The largest absolute Gasteiger partial charge is 0.462 e. The number of unbranched alkanes of at least 4 members (excludes halogenated alkanes) is 34. The maximum Gasteiger partial charge on any atom is 0.306 e. The summed E-state index contributed by atoms with van der Waals surface area (Å²) in [6.45, 7) is 6.50. The molecule has 0 saturated carbocycles. The van der Waals surface area contributed by atoms with E-state index in [1.54, 1.807) is 0 Å². The van der Waals surface area contributed by atoms with Gasteiger partial charge >= 0.3 is 17.9 Å². The van der Waals surface area contributed by atoms with E-state index >= 15 is 0 Å². The Morgan fingerprint density at radius 3 is 0.810 bits per heavy atom. The number of esters is 3. The van der Waals surface area contributed by atoms with Crippen LogP contribution in [-0.2, 0) is 28.6 Å². The minimum absolute atomic E-state index is 0.0874. The van der Waals surface area contributed by atoms with E-state index in [0.29, 0.717) is 19.3 Å². The molecule has 0 aliphatic heterocycles. The number of hydrogen-bond donors (Lipinski definition) is 0. The Morgan fingerprint density at radius 2 is 0.506 bits per heavy atom. The Morgan fingerprint density at radius 1 is 0.266 bits per heavy atom. The predicted molar refractivity (Wildman–Crippen MR) is 344 cm³/mol. The second-order valence-electron chi connectivity index (χ2n) is 22.4. The van der Waals surface area contributed by atoms with E-state index in [0.717, 1.165) is 135 Å². The fraction of sp³-hybridized carbons (Fsp3) is 0.740. The standard InChI is InChI=1S/C73H126O6/c1-4-7-10-13-16-19-22-25-28-30-32-34-36-37-38-40-41-43-45-48-51-54-57-60-63-66-72(75)78-69-70(68-77-71(74)65-62-59-56-53-50-47-27-24-21-18-15-12-9-6-3)79-73(76)67-64-61-58-55-52-49-46-44-42-39-35-33-31-29-26-23-20-17-14-11-8-5-2/h7,10,15-16,18-19,24-25,27-28,32,34,37-38,41,43,70H,4-6,8-9,11-14,17,20-23,26,29-31,33,35-36,39-40,42,44-69H2,1-3H3/b10-7-,18-15-,19-16-,27-24-,28-25-,34-32-,38-37-,43-41-. The number of ether oxygens (including phenoxy) is 3. The lowest BCUT2D eigenvalue weighted by Gasteiger charge is -2.18. The van der Waals surface area contributed by atoms with Crippen LogP contribution in [0.5, 0.6) is 0 Å². The van der Waals surface area contributed by atoms with Gasteiger partial charge in [-0.25, -0.2) is 0 Å². The summed E-state index contributed by atoms with van der Waals surface area (Å²) in [5.41, 5.74) is 0. The number of rotatable bonds is 61. The van der Waals surface area contributed by atoms with Crippen LogP contribution in [0.25, 0.3) is 0 Å². The molecule has 0 saturated heterocycles. The minimum atomic E-state index is -0.791. The highest BCUT2D eigenvalue weighted by molar-refractivity contribution is 5.71. The van der Waals surface area contributed by atoms with Gasteiger partial charge in [-0.2, -0.15) is 0 Å². The van der Waals surface area contributed by atoms with Gasteiger partial charge in [0.15, 0.2) is 6.10 Å². The van der Waals surface area contributed by atoms with E-state index in [-0.39, 0.29) is 31.1 Å². The molecule has 79 heavy (non-hydrogen) atoms. The Bertz CT molecular complexity index is 1540. The van der Waals surface area contributed by atoms with Gasteiger partial charge in [-0.15, -0.1) is 0 Å². The van der Waals surface area contributed by atoms with Crippen LogP contribution >= 0.6 is 0 Å². The summed E-state index contributed by atoms with van der Waals surface area (Å²) >= 11 is 0. The van der Waals surface area contributed by atoms with Crippen LogP contribution in [0.4, 0.5) is 0 Å². The average Bonchev–Trinajstić information content (AvgIpc) is 3.45. The fourth-order valence-electron chi connectivity index (χ4n) is 9.52. The molecular formula is C73H126O6. The molecule has 0 radical (unpaired) electrons. The highest BCUT2D eigenvalue weighted by Gasteiger charge is 2.19. The number of allylic oxidation sites excluding steroid dienone is 16. The molecule has 0 spiro atoms. The smallest absolute Gasteiger partial charge is 0.306 e. The third-order valence-electron chi connectivity index (χ3n) is 14.6. The monoisotopic (exact) mass is 1100 g/mol. The molecule has 0 aromatic heterocycles. The molecule has 0 bridgehead atoms. The normalized spacial score (nSPS) is 12.7. The molecule has 0 aliphatic rings. The summed E-state index contributed by atoms with van der Waals surface area (Å²) in [6, 6.07) is 0. The molecule has 0 amide bonds. The van der Waals surface area contributed by atoms with E-state index in [9.17, 15) is 14.4 Å². The summed E-state index contributed by atoms with van der Waals surface area (Å²) in [6.07, 6.45) is 89.9. The highest BCUT2D eigenvalue weighted by Crippen LogP contribution is 2.17. The second-order valence-corrected chi connectivity index (χ2v) is 22.4. The maximum absolute atomic E-state index is 12.9. The molecule has 1 unspecified atom stereocenters. The first-order valence-corrected chi connectivity index (χ1v) is 33.7. The van der Waals surface area contributed by atoms with Gasteiger partial charge in [-0.3, -0.25) is 14.4 Å². The molecule has 0 heterocycles. The lowest BCUT2D eigenvalue weighted by Crippen LogP contribution is -2.30. The quantitative estimate of drug-likeness (QED) is 0.0261. The maximum atomic E-state index is 12.9. The van der Waals surface area contributed by atoms with Crippen molar-refractivity contribution in [3.05, 3.63) is 97.2 Å². The van der Waals surface area contributed by atoms with Crippen LogP contribution in [0, 0.1) is 0 Å². The third kappa shape index (κ3) is 65.0. The second kappa shape index (κ2) is 66.8. The van der Waals surface area contributed by atoms with E-state index in [4.69, 9.17) is 14.2 Å². The number of hydrogen-bond acceptors (Lipinski definition) is 6. The molecule has 6 nitrogen and oxygen atoms in total. The zero-order valence-electron chi connectivity index (χ0n) is 52.1. The topological polar surface area (TPSA) is 78.9 Å². The van der Waals surface area contributed by atoms with Crippen molar-refractivity contribution in [2.24, 2.45) is 0 Å². The molecule has 0 aromatic rings. The van der Waals surface area contributed by atoms with E-state index < -0.39 is 6.10 Å². The first-order valence-electron chi connectivity index (χ1n) is 33.7. The van der Waals surface area contributed by atoms with Crippen molar-refractivity contribution in [1.29, 1.82) is 0 Å². The van der Waals surface area contributed by atoms with Crippen molar-refractivity contribution in [2.75, 3.05) is 13.2 Å². The van der Waals surface area contributed by atoms with Gasteiger partial charge in [0.1, 0.15) is 13.2 Å². The summed E-state index contributed by atoms with van der Waals surface area (Å²) in [4.78, 5) is 38.4. The number of carbonyl (C=O) groups is 3. The Hall–Kier alpha value is -3.67. The van der Waals surface area contributed by atoms with Crippen LogP contribution in [0.1, 0.15) is 329 Å². The van der Waals surface area contributed by atoms with Crippen molar-refractivity contribution >= 4 is 17.9 Å². The summed E-state index contributed by atoms with van der Waals surface area (Å²) in [5.74, 6) is -0.900. The zero-order chi connectivity index (χ0) is 57.1. The highest BCUT2D eigenvalue weighted by atomic mass is 16.6. The number of carbonyl (C=O) groups excluding carboxylic acids is 3. The van der Waals surface area contributed by atoms with Crippen LogP contribution < -0.4 is 0 Å². The van der Waals surface area contributed by atoms with Gasteiger partial charge in [0.2, 0.25) is 0 Å². The van der Waals surface area contributed by atoms with E-state index in [2.05, 4.69) is 118 Å². The van der Waals surface area contributed by atoms with Crippen LogP contribution in [0.3, 0.4) is 0 Å². The van der Waals surface area contributed by atoms with Gasteiger partial charge in [0, 0.05) is 19.3 Å². The van der Waals surface area contributed by atoms with Crippen LogP contribution in [-0.4, -0.2) is 37.2 Å². The van der Waals surface area contributed by atoms with Crippen molar-refractivity contribution < 1.29 is 28.6 Å². The Balaban J connectivity index is 4.36. The Labute approximate surface area is 489 Å². The van der Waals surface area contributed by atoms with Crippen molar-refractivity contribution in [3.8, 4) is 0 Å². The van der Waals surface area contributed by atoms with Crippen LogP contribution in [0.15, 0.2) is 97.2 Å². The van der Waals surface area contributed by atoms with Gasteiger partial charge in [0.25, 0.3) is 0 Å². The molecule has 0 fully saturated rings. The minimum Gasteiger partial charge on any atom is -0.462 e. The van der Waals surface area contributed by atoms with E-state index in [1.165, 1.54) is 154 Å². The SMILES string of the molecule is CC/C=C\C/C=C\C/C=C\C/C=C\C/C=C\C/C=C\CCCCCCCCC(=O)OCC(COC(=O)CCCCCCC/C=C\C/C=C\CCCC)OC(=O)CCCCCCCCCCCCCCCCCCCCCCCC. The van der Waals surface area contributed by atoms with Crippen molar-refractivity contribution in [3.63, 3.8) is 0 Å². The van der Waals surface area contributed by atoms with E-state index in [1.807, 2.05) is 0 Å².